The van der Waals surface area contributed by atoms with Crippen molar-refractivity contribution in [3.63, 3.8) is 0 Å². The predicted molar refractivity (Wildman–Crippen MR) is 65.4 cm³/mol. The highest BCUT2D eigenvalue weighted by molar-refractivity contribution is 6.17. The lowest BCUT2D eigenvalue weighted by molar-refractivity contribution is 0.174. The number of aromatic nitrogens is 1. The number of pyridine rings is 1. The van der Waals surface area contributed by atoms with Crippen LogP contribution in [-0.2, 0) is 5.88 Å². The third-order valence-corrected chi connectivity index (χ3v) is 2.99. The Bertz CT molecular complexity index is 543. The summed E-state index contributed by atoms with van der Waals surface area (Å²) in [5.41, 5.74) is 3.06. The molecule has 1 aromatic heterocycles. The highest BCUT2D eigenvalue weighted by Crippen LogP contribution is 2.42. The quantitative estimate of drug-likeness (QED) is 0.764. The molecule has 0 saturated carbocycles. The third-order valence-electron chi connectivity index (χ3n) is 2.68. The van der Waals surface area contributed by atoms with E-state index in [1.54, 1.807) is 12.4 Å². The molecule has 0 atom stereocenters. The Morgan fingerprint density at radius 1 is 1.18 bits per heavy atom. The van der Waals surface area contributed by atoms with Crippen LogP contribution in [0.5, 0.6) is 11.5 Å². The number of benzene rings is 1. The number of ether oxygens (including phenoxy) is 2. The molecule has 2 heterocycles. The molecule has 3 rings (SSSR count). The van der Waals surface area contributed by atoms with E-state index in [0.29, 0.717) is 5.88 Å². The van der Waals surface area contributed by atoms with E-state index in [9.17, 15) is 0 Å². The van der Waals surface area contributed by atoms with Crippen LogP contribution in [0.1, 0.15) is 5.56 Å². The molecule has 3 nitrogen and oxygen atoms in total. The normalized spacial score (nSPS) is 12.8. The van der Waals surface area contributed by atoms with Crippen LogP contribution in [0.3, 0.4) is 0 Å². The average Bonchev–Trinajstić information content (AvgIpc) is 2.86. The van der Waals surface area contributed by atoms with Crippen LogP contribution in [0, 0.1) is 0 Å². The van der Waals surface area contributed by atoms with Gasteiger partial charge < -0.3 is 9.47 Å². The van der Waals surface area contributed by atoms with Gasteiger partial charge >= 0.3 is 0 Å². The summed E-state index contributed by atoms with van der Waals surface area (Å²) in [5, 5.41) is 0. The highest BCUT2D eigenvalue weighted by atomic mass is 35.5. The van der Waals surface area contributed by atoms with Crippen molar-refractivity contribution in [2.24, 2.45) is 0 Å². The van der Waals surface area contributed by atoms with Crippen molar-refractivity contribution >= 4 is 11.6 Å². The van der Waals surface area contributed by atoms with Crippen molar-refractivity contribution in [3.8, 4) is 22.6 Å². The summed E-state index contributed by atoms with van der Waals surface area (Å²) in [7, 11) is 0. The van der Waals surface area contributed by atoms with Crippen LogP contribution < -0.4 is 9.47 Å². The summed E-state index contributed by atoms with van der Waals surface area (Å²) in [5.74, 6) is 1.99. The molecule has 0 fully saturated rings. The second-order valence-corrected chi connectivity index (χ2v) is 4.01. The fraction of sp³-hybridized carbons (Fsp3) is 0.154. The first-order valence-corrected chi connectivity index (χ1v) is 5.81. The standard InChI is InChI=1S/C13H10ClNO2/c14-7-9-5-11(10-1-3-15-4-2-10)13-12(6-9)16-8-17-13/h1-6H,7-8H2. The maximum atomic E-state index is 5.88. The van der Waals surface area contributed by atoms with Crippen molar-refractivity contribution in [3.05, 3.63) is 42.2 Å². The topological polar surface area (TPSA) is 31.4 Å². The summed E-state index contributed by atoms with van der Waals surface area (Å²) in [6.07, 6.45) is 3.51. The first-order valence-electron chi connectivity index (χ1n) is 5.27. The molecule has 0 unspecified atom stereocenters. The number of alkyl halides is 1. The van der Waals surface area contributed by atoms with Gasteiger partial charge in [-0.2, -0.15) is 0 Å². The Morgan fingerprint density at radius 3 is 2.76 bits per heavy atom. The van der Waals surface area contributed by atoms with E-state index in [-0.39, 0.29) is 6.79 Å². The number of halogens is 1. The van der Waals surface area contributed by atoms with Crippen molar-refractivity contribution in [1.29, 1.82) is 0 Å². The molecule has 0 bridgehead atoms. The minimum absolute atomic E-state index is 0.263. The smallest absolute Gasteiger partial charge is 0.231 e. The van der Waals surface area contributed by atoms with E-state index < -0.39 is 0 Å². The minimum atomic E-state index is 0.263. The lowest BCUT2D eigenvalue weighted by Gasteiger charge is -2.07. The largest absolute Gasteiger partial charge is 0.454 e. The van der Waals surface area contributed by atoms with E-state index in [2.05, 4.69) is 4.98 Å². The molecule has 86 valence electrons. The van der Waals surface area contributed by atoms with Gasteiger partial charge in [0.05, 0.1) is 0 Å². The first kappa shape index (κ1) is 10.4. The molecule has 0 aliphatic carbocycles. The van der Waals surface area contributed by atoms with Gasteiger partial charge in [-0.25, -0.2) is 0 Å². The summed E-state index contributed by atoms with van der Waals surface area (Å²) in [6.45, 7) is 0.263. The van der Waals surface area contributed by atoms with Crippen LogP contribution in [0.2, 0.25) is 0 Å². The molecule has 0 N–H and O–H groups in total. The number of hydrogen-bond donors (Lipinski definition) is 0. The second kappa shape index (κ2) is 4.26. The summed E-state index contributed by atoms with van der Waals surface area (Å²) < 4.78 is 10.9. The van der Waals surface area contributed by atoms with E-state index in [1.165, 1.54) is 0 Å². The maximum Gasteiger partial charge on any atom is 0.231 e. The zero-order valence-corrected chi connectivity index (χ0v) is 9.78. The van der Waals surface area contributed by atoms with E-state index >= 15 is 0 Å². The van der Waals surface area contributed by atoms with Gasteiger partial charge in [0.1, 0.15) is 0 Å². The monoisotopic (exact) mass is 247 g/mol. The van der Waals surface area contributed by atoms with Gasteiger partial charge in [0.15, 0.2) is 11.5 Å². The Hall–Kier alpha value is -1.74. The molecule has 0 amide bonds. The predicted octanol–water partition coefficient (Wildman–Crippen LogP) is 3.22. The Balaban J connectivity index is 2.19. The summed E-state index contributed by atoms with van der Waals surface area (Å²) in [4.78, 5) is 4.01. The van der Waals surface area contributed by atoms with Gasteiger partial charge in [-0.1, -0.05) is 0 Å². The highest BCUT2D eigenvalue weighted by Gasteiger charge is 2.19. The Labute approximate surface area is 104 Å². The SMILES string of the molecule is ClCc1cc2c(c(-c3ccncc3)c1)OCO2. The van der Waals surface area contributed by atoms with E-state index in [4.69, 9.17) is 21.1 Å². The van der Waals surface area contributed by atoms with Crippen LogP contribution >= 0.6 is 11.6 Å². The fourth-order valence-corrected chi connectivity index (χ4v) is 2.04. The molecule has 1 aliphatic rings. The van der Waals surface area contributed by atoms with Gasteiger partial charge in [0, 0.05) is 23.8 Å². The van der Waals surface area contributed by atoms with Gasteiger partial charge in [-0.05, 0) is 35.4 Å². The van der Waals surface area contributed by atoms with Crippen LogP contribution in [-0.4, -0.2) is 11.8 Å². The molecular weight excluding hydrogens is 238 g/mol. The molecule has 1 aliphatic heterocycles. The Kier molecular flexibility index (Phi) is 2.61. The van der Waals surface area contributed by atoms with Gasteiger partial charge in [0.25, 0.3) is 0 Å². The van der Waals surface area contributed by atoms with Gasteiger partial charge in [0.2, 0.25) is 6.79 Å². The molecule has 0 spiro atoms. The number of fused-ring (bicyclic) bond motifs is 1. The minimum Gasteiger partial charge on any atom is -0.454 e. The summed E-state index contributed by atoms with van der Waals surface area (Å²) >= 11 is 5.88. The molecule has 1 aromatic carbocycles. The van der Waals surface area contributed by atoms with Crippen LogP contribution in [0.25, 0.3) is 11.1 Å². The van der Waals surface area contributed by atoms with E-state index in [0.717, 1.165) is 28.2 Å². The Morgan fingerprint density at radius 2 is 2.00 bits per heavy atom. The van der Waals surface area contributed by atoms with Crippen molar-refractivity contribution in [2.45, 2.75) is 5.88 Å². The zero-order chi connectivity index (χ0) is 11.7. The van der Waals surface area contributed by atoms with Crippen molar-refractivity contribution in [2.75, 3.05) is 6.79 Å². The molecule has 0 radical (unpaired) electrons. The molecule has 0 saturated heterocycles. The first-order chi connectivity index (χ1) is 8.38. The molecule has 4 heteroatoms. The summed E-state index contributed by atoms with van der Waals surface area (Å²) in [6, 6.07) is 7.82. The zero-order valence-electron chi connectivity index (χ0n) is 9.02. The number of rotatable bonds is 2. The van der Waals surface area contributed by atoms with Gasteiger partial charge in [-0.15, -0.1) is 11.6 Å². The van der Waals surface area contributed by atoms with Crippen LogP contribution in [0.15, 0.2) is 36.7 Å². The fourth-order valence-electron chi connectivity index (χ4n) is 1.89. The maximum absolute atomic E-state index is 5.88. The van der Waals surface area contributed by atoms with Crippen LogP contribution in [0.4, 0.5) is 0 Å². The average molecular weight is 248 g/mol. The molecular formula is C13H10ClNO2. The number of hydrogen-bond acceptors (Lipinski definition) is 3. The van der Waals surface area contributed by atoms with Gasteiger partial charge in [-0.3, -0.25) is 4.98 Å². The number of nitrogens with zero attached hydrogens (tertiary/aromatic N) is 1. The molecule has 17 heavy (non-hydrogen) atoms. The molecule has 2 aromatic rings. The third kappa shape index (κ3) is 1.83. The van der Waals surface area contributed by atoms with Crippen molar-refractivity contribution in [1.82, 2.24) is 4.98 Å². The lowest BCUT2D eigenvalue weighted by Crippen LogP contribution is -1.93. The van der Waals surface area contributed by atoms with Crippen molar-refractivity contribution < 1.29 is 9.47 Å². The lowest BCUT2D eigenvalue weighted by atomic mass is 10.0. The van der Waals surface area contributed by atoms with E-state index in [1.807, 2.05) is 24.3 Å². The second-order valence-electron chi connectivity index (χ2n) is 3.75.